The van der Waals surface area contributed by atoms with Crippen LogP contribution in [0.15, 0.2) is 48.5 Å². The molecule has 0 saturated carbocycles. The van der Waals surface area contributed by atoms with Crippen LogP contribution in [0, 0.1) is 0 Å². The average Bonchev–Trinajstić information content (AvgIpc) is 3.16. The summed E-state index contributed by atoms with van der Waals surface area (Å²) in [6, 6.07) is 14.6. The van der Waals surface area contributed by atoms with Crippen molar-refractivity contribution in [1.82, 2.24) is 15.2 Å². The maximum Gasteiger partial charge on any atom is 0.277 e. The monoisotopic (exact) mass is 348 g/mol. The molecule has 7 heteroatoms. The van der Waals surface area contributed by atoms with Crippen LogP contribution in [0.3, 0.4) is 0 Å². The van der Waals surface area contributed by atoms with Crippen LogP contribution in [0.4, 0.5) is 5.82 Å². The summed E-state index contributed by atoms with van der Waals surface area (Å²) >= 11 is 0. The molecule has 1 amide bonds. The first-order valence-electron chi connectivity index (χ1n) is 8.15. The molecule has 130 valence electrons. The predicted molar refractivity (Wildman–Crippen MR) is 95.4 cm³/mol. The topological polar surface area (TPSA) is 86.2 Å². The van der Waals surface area contributed by atoms with Crippen LogP contribution < -0.4 is 14.8 Å². The van der Waals surface area contributed by atoms with Gasteiger partial charge in [0.1, 0.15) is 11.6 Å². The van der Waals surface area contributed by atoms with Gasteiger partial charge in [-0.15, -0.1) is 10.2 Å². The summed E-state index contributed by atoms with van der Waals surface area (Å²) < 4.78 is 10.5. The van der Waals surface area contributed by atoms with Crippen LogP contribution in [0.1, 0.15) is 16.1 Å². The molecule has 0 bridgehead atoms. The molecule has 4 rings (SSSR count). The lowest BCUT2D eigenvalue weighted by Gasteiger charge is -2.07. The van der Waals surface area contributed by atoms with Crippen molar-refractivity contribution in [3.05, 3.63) is 59.8 Å². The molecule has 2 aromatic heterocycles. The Labute approximate surface area is 150 Å². The predicted octanol–water partition coefficient (Wildman–Crippen LogP) is 2.73. The standard InChI is InChI=1S/C19H16N4O3/c1-25-18-8-6-15(22-23-18)19(24)21-17-4-2-3-14(20-17)12-5-7-16-13(11-12)9-10-26-16/h2-8,11H,9-10H2,1H3,(H,20,21,24). The second-order valence-electron chi connectivity index (χ2n) is 5.74. The van der Waals surface area contributed by atoms with E-state index in [9.17, 15) is 4.79 Å². The number of carbonyl (C=O) groups excluding carboxylic acids is 1. The lowest BCUT2D eigenvalue weighted by molar-refractivity contribution is 0.102. The first-order valence-corrected chi connectivity index (χ1v) is 8.15. The van der Waals surface area contributed by atoms with E-state index in [-0.39, 0.29) is 11.6 Å². The Morgan fingerprint density at radius 3 is 2.88 bits per heavy atom. The molecule has 3 heterocycles. The van der Waals surface area contributed by atoms with E-state index < -0.39 is 0 Å². The van der Waals surface area contributed by atoms with Gasteiger partial charge in [0.05, 0.1) is 19.4 Å². The number of fused-ring (bicyclic) bond motifs is 1. The number of ether oxygens (including phenoxy) is 2. The average molecular weight is 348 g/mol. The number of anilines is 1. The van der Waals surface area contributed by atoms with E-state index in [0.717, 1.165) is 23.4 Å². The molecule has 0 aliphatic carbocycles. The Balaban J connectivity index is 1.54. The minimum Gasteiger partial charge on any atom is -0.493 e. The molecule has 0 saturated heterocycles. The number of methoxy groups -OCH3 is 1. The molecular formula is C19H16N4O3. The van der Waals surface area contributed by atoms with E-state index in [1.165, 1.54) is 12.7 Å². The van der Waals surface area contributed by atoms with E-state index in [4.69, 9.17) is 9.47 Å². The molecule has 0 radical (unpaired) electrons. The Morgan fingerprint density at radius 2 is 2.08 bits per heavy atom. The first kappa shape index (κ1) is 16.0. The molecule has 0 atom stereocenters. The fourth-order valence-corrected chi connectivity index (χ4v) is 2.74. The van der Waals surface area contributed by atoms with Gasteiger partial charge >= 0.3 is 0 Å². The van der Waals surface area contributed by atoms with Gasteiger partial charge in [0.25, 0.3) is 5.91 Å². The smallest absolute Gasteiger partial charge is 0.277 e. The normalized spacial score (nSPS) is 12.2. The Kier molecular flexibility index (Phi) is 4.18. The maximum atomic E-state index is 12.3. The van der Waals surface area contributed by atoms with Crippen molar-refractivity contribution in [2.45, 2.75) is 6.42 Å². The molecule has 7 nitrogen and oxygen atoms in total. The van der Waals surface area contributed by atoms with E-state index in [1.807, 2.05) is 24.3 Å². The number of hydrogen-bond acceptors (Lipinski definition) is 6. The first-order chi connectivity index (χ1) is 12.7. The zero-order valence-corrected chi connectivity index (χ0v) is 14.1. The number of hydrogen-bond donors (Lipinski definition) is 1. The van der Waals surface area contributed by atoms with Crippen molar-refractivity contribution in [3.8, 4) is 22.9 Å². The summed E-state index contributed by atoms with van der Waals surface area (Å²) in [5, 5.41) is 10.4. The summed E-state index contributed by atoms with van der Waals surface area (Å²) in [4.78, 5) is 16.8. The largest absolute Gasteiger partial charge is 0.493 e. The Bertz CT molecular complexity index is 957. The number of nitrogens with zero attached hydrogens (tertiary/aromatic N) is 3. The van der Waals surface area contributed by atoms with Crippen LogP contribution in [0.2, 0.25) is 0 Å². The van der Waals surface area contributed by atoms with Gasteiger partial charge in [-0.3, -0.25) is 4.79 Å². The number of pyridine rings is 1. The Hall–Kier alpha value is -3.48. The van der Waals surface area contributed by atoms with Gasteiger partial charge in [0, 0.05) is 18.1 Å². The number of aromatic nitrogens is 3. The maximum absolute atomic E-state index is 12.3. The molecule has 26 heavy (non-hydrogen) atoms. The van der Waals surface area contributed by atoms with Crippen molar-refractivity contribution in [2.75, 3.05) is 19.0 Å². The molecule has 3 aromatic rings. The van der Waals surface area contributed by atoms with Crippen LogP contribution >= 0.6 is 0 Å². The SMILES string of the molecule is COc1ccc(C(=O)Nc2cccc(-c3ccc4c(c3)CCO4)n2)nn1. The molecule has 0 fully saturated rings. The lowest BCUT2D eigenvalue weighted by atomic mass is 10.1. The third-order valence-corrected chi connectivity index (χ3v) is 4.06. The van der Waals surface area contributed by atoms with E-state index >= 15 is 0 Å². The molecule has 1 aliphatic rings. The highest BCUT2D eigenvalue weighted by Gasteiger charge is 2.14. The van der Waals surface area contributed by atoms with Crippen LogP contribution in [0.5, 0.6) is 11.6 Å². The minimum absolute atomic E-state index is 0.188. The summed E-state index contributed by atoms with van der Waals surface area (Å²) in [7, 11) is 1.49. The van der Waals surface area contributed by atoms with Crippen molar-refractivity contribution < 1.29 is 14.3 Å². The zero-order chi connectivity index (χ0) is 17.9. The second-order valence-corrected chi connectivity index (χ2v) is 5.74. The van der Waals surface area contributed by atoms with Crippen molar-refractivity contribution in [3.63, 3.8) is 0 Å². The van der Waals surface area contributed by atoms with Gasteiger partial charge in [-0.1, -0.05) is 6.07 Å². The number of rotatable bonds is 4. The Morgan fingerprint density at radius 1 is 1.15 bits per heavy atom. The highest BCUT2D eigenvalue weighted by molar-refractivity contribution is 6.02. The lowest BCUT2D eigenvalue weighted by Crippen LogP contribution is -2.15. The van der Waals surface area contributed by atoms with Crippen molar-refractivity contribution in [2.24, 2.45) is 0 Å². The highest BCUT2D eigenvalue weighted by Crippen LogP contribution is 2.30. The molecule has 1 aromatic carbocycles. The van der Waals surface area contributed by atoms with Gasteiger partial charge in [0.15, 0.2) is 5.69 Å². The van der Waals surface area contributed by atoms with E-state index in [2.05, 4.69) is 26.6 Å². The minimum atomic E-state index is -0.382. The highest BCUT2D eigenvalue weighted by atomic mass is 16.5. The molecule has 0 unspecified atom stereocenters. The number of carbonyl (C=O) groups is 1. The van der Waals surface area contributed by atoms with Crippen LogP contribution in [-0.4, -0.2) is 34.8 Å². The fourth-order valence-electron chi connectivity index (χ4n) is 2.74. The molecular weight excluding hydrogens is 332 g/mol. The van der Waals surface area contributed by atoms with Gasteiger partial charge < -0.3 is 14.8 Å². The third-order valence-electron chi connectivity index (χ3n) is 4.06. The van der Waals surface area contributed by atoms with Crippen LogP contribution in [0.25, 0.3) is 11.3 Å². The van der Waals surface area contributed by atoms with Crippen molar-refractivity contribution >= 4 is 11.7 Å². The van der Waals surface area contributed by atoms with Gasteiger partial charge in [-0.2, -0.15) is 0 Å². The summed E-state index contributed by atoms with van der Waals surface area (Å²) in [6.45, 7) is 0.714. The fraction of sp³-hybridized carbons (Fsp3) is 0.158. The second kappa shape index (κ2) is 6.79. The van der Waals surface area contributed by atoms with Gasteiger partial charge in [-0.25, -0.2) is 4.98 Å². The van der Waals surface area contributed by atoms with Gasteiger partial charge in [0.2, 0.25) is 5.88 Å². The summed E-state index contributed by atoms with van der Waals surface area (Å²) in [6.07, 6.45) is 0.899. The molecule has 0 spiro atoms. The van der Waals surface area contributed by atoms with E-state index in [1.54, 1.807) is 18.2 Å². The van der Waals surface area contributed by atoms with Crippen molar-refractivity contribution in [1.29, 1.82) is 0 Å². The third kappa shape index (κ3) is 3.19. The van der Waals surface area contributed by atoms with Crippen LogP contribution in [-0.2, 0) is 6.42 Å². The quantitative estimate of drug-likeness (QED) is 0.780. The zero-order valence-electron chi connectivity index (χ0n) is 14.1. The van der Waals surface area contributed by atoms with Gasteiger partial charge in [-0.05, 0) is 42.0 Å². The molecule has 1 aliphatic heterocycles. The number of amides is 1. The summed E-state index contributed by atoms with van der Waals surface area (Å²) in [5.41, 5.74) is 3.12. The summed E-state index contributed by atoms with van der Waals surface area (Å²) in [5.74, 6) is 1.34. The number of benzene rings is 1. The van der Waals surface area contributed by atoms with E-state index in [0.29, 0.717) is 18.3 Å². The number of nitrogens with one attached hydrogen (secondary N) is 1. The molecule has 1 N–H and O–H groups in total.